The van der Waals surface area contributed by atoms with Crippen LogP contribution in [0.4, 0.5) is 5.69 Å². The number of fused-ring (bicyclic) bond motifs is 1. The SMILES string of the molecule is CC[C@H](NC(=O)c1ccc(N(C)S(=O)(=O)c2ccc(Cl)cc2)cc1)c1ccc2c(c1)CCCC2. The minimum absolute atomic E-state index is 0.0765. The molecule has 3 aromatic rings. The molecule has 0 spiro atoms. The second kappa shape index (κ2) is 10.2. The smallest absolute Gasteiger partial charge is 0.264 e. The molecule has 0 saturated heterocycles. The molecule has 0 saturated carbocycles. The van der Waals surface area contributed by atoms with Crippen LogP contribution in [0.15, 0.2) is 71.6 Å². The Morgan fingerprint density at radius 1 is 0.971 bits per heavy atom. The van der Waals surface area contributed by atoms with Gasteiger partial charge in [0.05, 0.1) is 16.6 Å². The van der Waals surface area contributed by atoms with E-state index in [0.29, 0.717) is 16.3 Å². The van der Waals surface area contributed by atoms with Crippen molar-refractivity contribution in [1.29, 1.82) is 0 Å². The molecule has 1 amide bonds. The lowest BCUT2D eigenvalue weighted by Crippen LogP contribution is -2.29. The molecule has 0 bridgehead atoms. The largest absolute Gasteiger partial charge is 0.345 e. The predicted molar refractivity (Wildman–Crippen MR) is 137 cm³/mol. The van der Waals surface area contributed by atoms with Crippen LogP contribution < -0.4 is 9.62 Å². The highest BCUT2D eigenvalue weighted by Gasteiger charge is 2.22. The van der Waals surface area contributed by atoms with Crippen molar-refractivity contribution in [1.82, 2.24) is 5.32 Å². The molecule has 3 aromatic carbocycles. The van der Waals surface area contributed by atoms with Crippen molar-refractivity contribution < 1.29 is 13.2 Å². The molecule has 34 heavy (non-hydrogen) atoms. The van der Waals surface area contributed by atoms with Crippen LogP contribution in [-0.4, -0.2) is 21.4 Å². The number of benzene rings is 3. The Labute approximate surface area is 206 Å². The molecule has 5 nitrogen and oxygen atoms in total. The number of nitrogens with zero attached hydrogens (tertiary/aromatic N) is 1. The molecule has 0 heterocycles. The Morgan fingerprint density at radius 3 is 2.26 bits per heavy atom. The van der Waals surface area contributed by atoms with E-state index in [4.69, 9.17) is 11.6 Å². The standard InChI is InChI=1S/C27H29ClN2O3S/c1-3-26(22-9-8-19-6-4-5-7-21(19)18-22)29-27(31)20-10-14-24(15-11-20)30(2)34(32,33)25-16-12-23(28)13-17-25/h8-18,26H,3-7H2,1-2H3,(H,29,31)/t26-/m0/s1. The molecule has 0 fully saturated rings. The summed E-state index contributed by atoms with van der Waals surface area (Å²) in [6.45, 7) is 2.06. The maximum absolute atomic E-state index is 13.0. The molecule has 0 aromatic heterocycles. The first-order valence-electron chi connectivity index (χ1n) is 11.6. The number of hydrogen-bond acceptors (Lipinski definition) is 3. The zero-order valence-electron chi connectivity index (χ0n) is 19.4. The van der Waals surface area contributed by atoms with Crippen molar-refractivity contribution in [3.05, 3.63) is 94.0 Å². The number of halogens is 1. The summed E-state index contributed by atoms with van der Waals surface area (Å²) in [5.41, 5.74) is 4.89. The Hall–Kier alpha value is -2.83. The van der Waals surface area contributed by atoms with Crippen LogP contribution in [-0.2, 0) is 22.9 Å². The van der Waals surface area contributed by atoms with Crippen molar-refractivity contribution in [3.8, 4) is 0 Å². The number of nitrogens with one attached hydrogen (secondary N) is 1. The van der Waals surface area contributed by atoms with E-state index in [-0.39, 0.29) is 16.8 Å². The zero-order valence-corrected chi connectivity index (χ0v) is 21.0. The summed E-state index contributed by atoms with van der Waals surface area (Å²) in [7, 11) is -2.25. The second-order valence-corrected chi connectivity index (χ2v) is 11.0. The van der Waals surface area contributed by atoms with Gasteiger partial charge in [-0.3, -0.25) is 9.10 Å². The summed E-state index contributed by atoms with van der Waals surface area (Å²) in [6, 6.07) is 19.1. The van der Waals surface area contributed by atoms with Crippen LogP contribution in [0.3, 0.4) is 0 Å². The summed E-state index contributed by atoms with van der Waals surface area (Å²) >= 11 is 5.88. The van der Waals surface area contributed by atoms with Crippen molar-refractivity contribution >= 4 is 33.2 Å². The molecule has 178 valence electrons. The molecular weight excluding hydrogens is 468 g/mol. The first kappa shape index (κ1) is 24.3. The molecular formula is C27H29ClN2O3S. The topological polar surface area (TPSA) is 66.5 Å². The van der Waals surface area contributed by atoms with E-state index in [2.05, 4.69) is 30.4 Å². The van der Waals surface area contributed by atoms with Gasteiger partial charge >= 0.3 is 0 Å². The number of rotatable bonds is 7. The van der Waals surface area contributed by atoms with E-state index >= 15 is 0 Å². The van der Waals surface area contributed by atoms with Crippen LogP contribution in [0.5, 0.6) is 0 Å². The minimum Gasteiger partial charge on any atom is -0.345 e. The summed E-state index contributed by atoms with van der Waals surface area (Å²) in [4.78, 5) is 13.1. The van der Waals surface area contributed by atoms with Crippen molar-refractivity contribution in [3.63, 3.8) is 0 Å². The highest BCUT2D eigenvalue weighted by atomic mass is 35.5. The second-order valence-electron chi connectivity index (χ2n) is 8.64. The lowest BCUT2D eigenvalue weighted by atomic mass is 9.88. The number of aryl methyl sites for hydroxylation is 2. The third kappa shape index (κ3) is 5.13. The average Bonchev–Trinajstić information content (AvgIpc) is 2.86. The maximum atomic E-state index is 13.0. The van der Waals surface area contributed by atoms with Crippen molar-refractivity contribution in [2.45, 2.75) is 50.0 Å². The third-order valence-electron chi connectivity index (χ3n) is 6.45. The molecule has 1 aliphatic carbocycles. The molecule has 0 aliphatic heterocycles. The fraction of sp³-hybridized carbons (Fsp3) is 0.296. The van der Waals surface area contributed by atoms with E-state index in [9.17, 15) is 13.2 Å². The Morgan fingerprint density at radius 2 is 1.62 bits per heavy atom. The fourth-order valence-electron chi connectivity index (χ4n) is 4.36. The third-order valence-corrected chi connectivity index (χ3v) is 8.51. The summed E-state index contributed by atoms with van der Waals surface area (Å²) in [5, 5.41) is 3.60. The summed E-state index contributed by atoms with van der Waals surface area (Å²) < 4.78 is 27.0. The maximum Gasteiger partial charge on any atom is 0.264 e. The normalized spacial score (nSPS) is 14.2. The number of anilines is 1. The van der Waals surface area contributed by atoms with E-state index in [1.54, 1.807) is 36.4 Å². The summed E-state index contributed by atoms with van der Waals surface area (Å²) in [5.74, 6) is -0.181. The van der Waals surface area contributed by atoms with Gasteiger partial charge in [-0.25, -0.2) is 8.42 Å². The molecule has 1 aliphatic rings. The highest BCUT2D eigenvalue weighted by Crippen LogP contribution is 2.27. The molecule has 0 radical (unpaired) electrons. The molecule has 1 atom stereocenters. The Bertz CT molecular complexity index is 1270. The Balaban J connectivity index is 1.47. The first-order chi connectivity index (χ1) is 16.3. The molecule has 4 rings (SSSR count). The number of carbonyl (C=O) groups is 1. The van der Waals surface area contributed by atoms with Gasteiger partial charge in [0.2, 0.25) is 0 Å². The lowest BCUT2D eigenvalue weighted by Gasteiger charge is -2.22. The lowest BCUT2D eigenvalue weighted by molar-refractivity contribution is 0.0935. The van der Waals surface area contributed by atoms with Gasteiger partial charge in [0.15, 0.2) is 0 Å². The van der Waals surface area contributed by atoms with Crippen LogP contribution in [0.2, 0.25) is 5.02 Å². The highest BCUT2D eigenvalue weighted by molar-refractivity contribution is 7.92. The minimum atomic E-state index is -3.73. The van der Waals surface area contributed by atoms with Crippen LogP contribution in [0.1, 0.15) is 59.3 Å². The van der Waals surface area contributed by atoms with Gasteiger partial charge in [-0.15, -0.1) is 0 Å². The molecule has 7 heteroatoms. The predicted octanol–water partition coefficient (Wildman–Crippen LogP) is 5.93. The van der Waals surface area contributed by atoms with Gasteiger partial charge in [0.25, 0.3) is 15.9 Å². The quantitative estimate of drug-likeness (QED) is 0.441. The first-order valence-corrected chi connectivity index (χ1v) is 13.4. The van der Waals surface area contributed by atoms with Gasteiger partial charge < -0.3 is 5.32 Å². The van der Waals surface area contributed by atoms with E-state index in [1.165, 1.54) is 47.5 Å². The van der Waals surface area contributed by atoms with Crippen LogP contribution in [0, 0.1) is 0 Å². The number of amides is 1. The van der Waals surface area contributed by atoms with Crippen molar-refractivity contribution in [2.75, 3.05) is 11.4 Å². The van der Waals surface area contributed by atoms with Gasteiger partial charge in [0, 0.05) is 17.6 Å². The summed E-state index contributed by atoms with van der Waals surface area (Å²) in [6.07, 6.45) is 5.47. The number of carbonyl (C=O) groups excluding carboxylic acids is 1. The molecule has 0 unspecified atom stereocenters. The van der Waals surface area contributed by atoms with Crippen molar-refractivity contribution in [2.24, 2.45) is 0 Å². The van der Waals surface area contributed by atoms with Gasteiger partial charge in [-0.1, -0.05) is 36.7 Å². The fourth-order valence-corrected chi connectivity index (χ4v) is 5.68. The molecule has 1 N–H and O–H groups in total. The van der Waals surface area contributed by atoms with Crippen LogP contribution in [0.25, 0.3) is 0 Å². The van der Waals surface area contributed by atoms with E-state index in [0.717, 1.165) is 24.8 Å². The monoisotopic (exact) mass is 496 g/mol. The van der Waals surface area contributed by atoms with Crippen LogP contribution >= 0.6 is 11.6 Å². The number of hydrogen-bond donors (Lipinski definition) is 1. The van der Waals surface area contributed by atoms with Gasteiger partial charge in [-0.05, 0) is 97.3 Å². The average molecular weight is 497 g/mol. The van der Waals surface area contributed by atoms with Gasteiger partial charge in [0.1, 0.15) is 0 Å². The number of sulfonamides is 1. The van der Waals surface area contributed by atoms with E-state index < -0.39 is 10.0 Å². The Kier molecular flexibility index (Phi) is 7.29. The van der Waals surface area contributed by atoms with Gasteiger partial charge in [-0.2, -0.15) is 0 Å². The van der Waals surface area contributed by atoms with E-state index in [1.807, 2.05) is 0 Å². The zero-order chi connectivity index (χ0) is 24.3.